The molecule has 0 saturated carbocycles. The second-order valence-corrected chi connectivity index (χ2v) is 9.05. The van der Waals surface area contributed by atoms with Crippen molar-refractivity contribution in [3.8, 4) is 5.75 Å². The summed E-state index contributed by atoms with van der Waals surface area (Å²) in [7, 11) is 0. The van der Waals surface area contributed by atoms with Crippen molar-refractivity contribution >= 4 is 12.0 Å². The van der Waals surface area contributed by atoms with Gasteiger partial charge >= 0.3 is 6.03 Å². The first-order valence-electron chi connectivity index (χ1n) is 11.0. The summed E-state index contributed by atoms with van der Waals surface area (Å²) in [6.07, 6.45) is 1.74. The molecule has 0 spiro atoms. The van der Waals surface area contributed by atoms with Gasteiger partial charge in [0.15, 0.2) is 5.96 Å². The summed E-state index contributed by atoms with van der Waals surface area (Å²) in [5.74, 6) is 2.24. The van der Waals surface area contributed by atoms with E-state index < -0.39 is 0 Å². The van der Waals surface area contributed by atoms with Crippen LogP contribution in [-0.4, -0.2) is 55.7 Å². The lowest BCUT2D eigenvalue weighted by molar-refractivity contribution is 0.188. The molecule has 2 rings (SSSR count). The average Bonchev–Trinajstić information content (AvgIpc) is 2.71. The molecule has 1 fully saturated rings. The minimum Gasteiger partial charge on any atom is -0.493 e. The number of hydrogen-bond donors (Lipinski definition) is 3. The third-order valence-electron chi connectivity index (χ3n) is 5.34. The van der Waals surface area contributed by atoms with Crippen LogP contribution in [0.1, 0.15) is 53.0 Å². The molecule has 7 nitrogen and oxygen atoms in total. The first kappa shape index (κ1) is 23.8. The molecule has 2 amide bonds. The van der Waals surface area contributed by atoms with Crippen molar-refractivity contribution in [3.05, 3.63) is 29.8 Å². The van der Waals surface area contributed by atoms with Gasteiger partial charge in [-0.25, -0.2) is 4.79 Å². The van der Waals surface area contributed by atoms with Gasteiger partial charge in [-0.1, -0.05) is 39.8 Å². The minimum atomic E-state index is -0.337. The molecule has 1 saturated heterocycles. The summed E-state index contributed by atoms with van der Waals surface area (Å²) in [5.41, 5.74) is 6.50. The molecule has 1 aliphatic rings. The van der Waals surface area contributed by atoms with Crippen molar-refractivity contribution in [2.45, 2.75) is 58.9 Å². The Balaban J connectivity index is 1.96. The first-order valence-corrected chi connectivity index (χ1v) is 11.0. The third-order valence-corrected chi connectivity index (χ3v) is 5.34. The van der Waals surface area contributed by atoms with Gasteiger partial charge in [0.1, 0.15) is 5.75 Å². The zero-order valence-electron chi connectivity index (χ0n) is 19.2. The predicted molar refractivity (Wildman–Crippen MR) is 123 cm³/mol. The number of guanidine groups is 1. The monoisotopic (exact) mass is 417 g/mol. The lowest BCUT2D eigenvalue weighted by Gasteiger charge is -2.32. The molecule has 0 radical (unpaired) electrons. The molecule has 0 unspecified atom stereocenters. The van der Waals surface area contributed by atoms with E-state index in [2.05, 4.69) is 57.4 Å². The Labute approximate surface area is 181 Å². The van der Waals surface area contributed by atoms with E-state index >= 15 is 0 Å². The molecular weight excluding hydrogens is 378 g/mol. The van der Waals surface area contributed by atoms with Crippen LogP contribution in [0.3, 0.4) is 0 Å². The summed E-state index contributed by atoms with van der Waals surface area (Å²) in [6, 6.07) is 8.30. The van der Waals surface area contributed by atoms with Gasteiger partial charge in [-0.15, -0.1) is 0 Å². The number of benzene rings is 1. The van der Waals surface area contributed by atoms with Crippen LogP contribution >= 0.6 is 0 Å². The van der Waals surface area contributed by atoms with Crippen LogP contribution in [0, 0.1) is 5.92 Å². The van der Waals surface area contributed by atoms with Crippen LogP contribution in [0.5, 0.6) is 5.75 Å². The maximum absolute atomic E-state index is 11.3. The first-order chi connectivity index (χ1) is 14.2. The number of piperidine rings is 1. The topological polar surface area (TPSA) is 92.0 Å². The molecule has 0 bridgehead atoms. The van der Waals surface area contributed by atoms with Gasteiger partial charge in [-0.3, -0.25) is 4.99 Å². The highest BCUT2D eigenvalue weighted by molar-refractivity contribution is 5.80. The Hall–Kier alpha value is -2.44. The normalized spacial score (nSPS) is 15.9. The van der Waals surface area contributed by atoms with E-state index in [0.29, 0.717) is 31.6 Å². The van der Waals surface area contributed by atoms with E-state index in [1.807, 2.05) is 12.1 Å². The van der Waals surface area contributed by atoms with Gasteiger partial charge in [0.05, 0.1) is 13.2 Å². The Kier molecular flexibility index (Phi) is 8.81. The van der Waals surface area contributed by atoms with Crippen molar-refractivity contribution in [1.82, 2.24) is 15.5 Å². The highest BCUT2D eigenvalue weighted by Crippen LogP contribution is 2.26. The summed E-state index contributed by atoms with van der Waals surface area (Å²) in [4.78, 5) is 17.8. The number of hydrogen-bond acceptors (Lipinski definition) is 3. The number of carbonyl (C=O) groups excluding carboxylic acids is 1. The van der Waals surface area contributed by atoms with E-state index in [9.17, 15) is 4.79 Å². The number of urea groups is 1. The molecule has 0 atom stereocenters. The summed E-state index contributed by atoms with van der Waals surface area (Å²) in [5, 5.41) is 6.85. The summed E-state index contributed by atoms with van der Waals surface area (Å²) >= 11 is 0. The van der Waals surface area contributed by atoms with Gasteiger partial charge in [0, 0.05) is 31.1 Å². The van der Waals surface area contributed by atoms with Gasteiger partial charge in [0.25, 0.3) is 0 Å². The quantitative estimate of drug-likeness (QED) is 0.448. The molecule has 30 heavy (non-hydrogen) atoms. The third kappa shape index (κ3) is 7.43. The highest BCUT2D eigenvalue weighted by Gasteiger charge is 2.23. The number of nitrogens with zero attached hydrogens (tertiary/aromatic N) is 2. The fourth-order valence-electron chi connectivity index (χ4n) is 3.39. The van der Waals surface area contributed by atoms with Crippen molar-refractivity contribution in [3.63, 3.8) is 0 Å². The standard InChI is InChI=1S/C23H39N5O2/c1-6-25-22(27-19-11-13-28(14-12-19)21(24)29)26-16-23(4,5)18-7-9-20(10-8-18)30-15-17(2)3/h7-10,17,19H,6,11-16H2,1-5H3,(H2,24,29)(H2,25,26,27). The Morgan fingerprint density at radius 3 is 2.43 bits per heavy atom. The number of ether oxygens (including phenoxy) is 1. The number of nitrogens with one attached hydrogen (secondary N) is 2. The number of primary amides is 1. The van der Waals surface area contributed by atoms with E-state index in [1.165, 1.54) is 5.56 Å². The second kappa shape index (κ2) is 11.1. The maximum atomic E-state index is 11.3. The Morgan fingerprint density at radius 1 is 1.27 bits per heavy atom. The van der Waals surface area contributed by atoms with Gasteiger partial charge in [0.2, 0.25) is 0 Å². The number of amides is 2. The fourth-order valence-corrected chi connectivity index (χ4v) is 3.39. The van der Waals surface area contributed by atoms with Crippen LogP contribution in [-0.2, 0) is 5.41 Å². The highest BCUT2D eigenvalue weighted by atomic mass is 16.5. The molecule has 0 aromatic heterocycles. The number of nitrogens with two attached hydrogens (primary N) is 1. The molecule has 4 N–H and O–H groups in total. The number of likely N-dealkylation sites (tertiary alicyclic amines) is 1. The molecule has 168 valence electrons. The molecule has 1 aromatic carbocycles. The van der Waals surface area contributed by atoms with Crippen LogP contribution < -0.4 is 21.1 Å². The van der Waals surface area contributed by atoms with E-state index in [-0.39, 0.29) is 11.4 Å². The predicted octanol–water partition coefficient (Wildman–Crippen LogP) is 3.10. The molecule has 1 aromatic rings. The van der Waals surface area contributed by atoms with Crippen LogP contribution in [0.25, 0.3) is 0 Å². The maximum Gasteiger partial charge on any atom is 0.314 e. The molecule has 7 heteroatoms. The van der Waals surface area contributed by atoms with Crippen molar-refractivity contribution in [2.75, 3.05) is 32.8 Å². The Bertz CT molecular complexity index is 692. The van der Waals surface area contributed by atoms with Crippen molar-refractivity contribution in [1.29, 1.82) is 0 Å². The van der Waals surface area contributed by atoms with Crippen LogP contribution in [0.4, 0.5) is 4.79 Å². The minimum absolute atomic E-state index is 0.103. The van der Waals surface area contributed by atoms with Gasteiger partial charge < -0.3 is 26.0 Å². The van der Waals surface area contributed by atoms with E-state index in [1.54, 1.807) is 4.90 Å². The second-order valence-electron chi connectivity index (χ2n) is 9.05. The molecular formula is C23H39N5O2. The summed E-state index contributed by atoms with van der Waals surface area (Å²) < 4.78 is 5.79. The number of aliphatic imine (C=N–C) groups is 1. The SMILES string of the molecule is CCNC(=NCC(C)(C)c1ccc(OCC(C)C)cc1)NC1CCN(C(N)=O)CC1. The lowest BCUT2D eigenvalue weighted by Crippen LogP contribution is -2.51. The van der Waals surface area contributed by atoms with Gasteiger partial charge in [-0.05, 0) is 43.4 Å². The van der Waals surface area contributed by atoms with Crippen molar-refractivity contribution in [2.24, 2.45) is 16.6 Å². The van der Waals surface area contributed by atoms with E-state index in [0.717, 1.165) is 37.7 Å². The average molecular weight is 418 g/mol. The smallest absolute Gasteiger partial charge is 0.314 e. The molecule has 1 heterocycles. The lowest BCUT2D eigenvalue weighted by atomic mass is 9.85. The van der Waals surface area contributed by atoms with Crippen molar-refractivity contribution < 1.29 is 9.53 Å². The fraction of sp³-hybridized carbons (Fsp3) is 0.652. The molecule has 1 aliphatic heterocycles. The van der Waals surface area contributed by atoms with Gasteiger partial charge in [-0.2, -0.15) is 0 Å². The van der Waals surface area contributed by atoms with E-state index in [4.69, 9.17) is 15.5 Å². The zero-order valence-corrected chi connectivity index (χ0v) is 19.2. The zero-order chi connectivity index (χ0) is 22.1. The summed E-state index contributed by atoms with van der Waals surface area (Å²) in [6.45, 7) is 14.3. The Morgan fingerprint density at radius 2 is 1.90 bits per heavy atom. The largest absolute Gasteiger partial charge is 0.493 e. The van der Waals surface area contributed by atoms with Crippen LogP contribution in [0.15, 0.2) is 29.3 Å². The molecule has 0 aliphatic carbocycles. The number of rotatable bonds is 8. The number of carbonyl (C=O) groups is 1. The van der Waals surface area contributed by atoms with Crippen LogP contribution in [0.2, 0.25) is 0 Å².